The normalized spacial score (nSPS) is 11.0. The van der Waals surface area contributed by atoms with Crippen molar-refractivity contribution in [2.75, 3.05) is 10.6 Å². The molecule has 2 rings (SSSR count). The highest BCUT2D eigenvalue weighted by molar-refractivity contribution is 7.89. The van der Waals surface area contributed by atoms with Gasteiger partial charge in [-0.25, -0.2) is 13.6 Å². The van der Waals surface area contributed by atoms with Crippen LogP contribution in [0.4, 0.5) is 11.4 Å². The highest BCUT2D eigenvalue weighted by Gasteiger charge is 2.16. The fraction of sp³-hybridized carbons (Fsp3) is 0.188. The van der Waals surface area contributed by atoms with Crippen molar-refractivity contribution in [3.8, 4) is 0 Å². The summed E-state index contributed by atoms with van der Waals surface area (Å²) < 4.78 is 22.8. The van der Waals surface area contributed by atoms with Crippen molar-refractivity contribution in [2.45, 2.75) is 25.2 Å². The summed E-state index contributed by atoms with van der Waals surface area (Å²) in [6.45, 7) is 3.33. The Bertz CT molecular complexity index is 908. The lowest BCUT2D eigenvalue weighted by Gasteiger charge is -2.09. The van der Waals surface area contributed by atoms with Gasteiger partial charge in [0.15, 0.2) is 0 Å². The number of amides is 2. The Morgan fingerprint density at radius 2 is 1.68 bits per heavy atom. The first-order valence-corrected chi connectivity index (χ1v) is 8.96. The number of nitrogens with zero attached hydrogens (tertiary/aromatic N) is 1. The SMILES string of the molecule is CCC(=O)Nc1ccc(NC(=O)c2cc(S(N)(=O)=O)cnc2C)cc1. The Labute approximate surface area is 145 Å². The summed E-state index contributed by atoms with van der Waals surface area (Å²) in [5, 5.41) is 10.4. The summed E-state index contributed by atoms with van der Waals surface area (Å²) >= 11 is 0. The summed E-state index contributed by atoms with van der Waals surface area (Å²) in [4.78, 5) is 27.4. The largest absolute Gasteiger partial charge is 0.326 e. The van der Waals surface area contributed by atoms with E-state index in [1.807, 2.05) is 0 Å². The van der Waals surface area contributed by atoms with Gasteiger partial charge >= 0.3 is 0 Å². The van der Waals surface area contributed by atoms with E-state index >= 15 is 0 Å². The fourth-order valence-corrected chi connectivity index (χ4v) is 2.47. The molecule has 9 heteroatoms. The van der Waals surface area contributed by atoms with Crippen molar-refractivity contribution in [3.05, 3.63) is 47.8 Å². The number of nitrogens with two attached hydrogens (primary N) is 1. The molecule has 0 fully saturated rings. The lowest BCUT2D eigenvalue weighted by atomic mass is 10.2. The highest BCUT2D eigenvalue weighted by atomic mass is 32.2. The Hall–Kier alpha value is -2.78. The Balaban J connectivity index is 2.18. The molecule has 8 nitrogen and oxygen atoms in total. The molecule has 0 atom stereocenters. The number of nitrogens with one attached hydrogen (secondary N) is 2. The van der Waals surface area contributed by atoms with E-state index in [2.05, 4.69) is 15.6 Å². The minimum atomic E-state index is -3.95. The second kappa shape index (κ2) is 7.41. The molecule has 0 aliphatic carbocycles. The topological polar surface area (TPSA) is 131 Å². The zero-order valence-electron chi connectivity index (χ0n) is 13.7. The van der Waals surface area contributed by atoms with Crippen LogP contribution in [0, 0.1) is 6.92 Å². The van der Waals surface area contributed by atoms with Gasteiger partial charge in [-0.3, -0.25) is 14.6 Å². The smallest absolute Gasteiger partial charge is 0.257 e. The van der Waals surface area contributed by atoms with Crippen molar-refractivity contribution < 1.29 is 18.0 Å². The van der Waals surface area contributed by atoms with Crippen LogP contribution in [0.2, 0.25) is 0 Å². The minimum Gasteiger partial charge on any atom is -0.326 e. The van der Waals surface area contributed by atoms with E-state index in [0.29, 0.717) is 23.5 Å². The quantitative estimate of drug-likeness (QED) is 0.744. The van der Waals surface area contributed by atoms with Crippen LogP contribution in [0.25, 0.3) is 0 Å². The van der Waals surface area contributed by atoms with Crippen LogP contribution in [-0.2, 0) is 14.8 Å². The Morgan fingerprint density at radius 1 is 1.12 bits per heavy atom. The lowest BCUT2D eigenvalue weighted by molar-refractivity contribution is -0.115. The van der Waals surface area contributed by atoms with Crippen molar-refractivity contribution in [2.24, 2.45) is 5.14 Å². The summed E-state index contributed by atoms with van der Waals surface area (Å²) in [5.74, 6) is -0.626. The molecule has 2 aromatic rings. The predicted molar refractivity (Wildman–Crippen MR) is 93.7 cm³/mol. The van der Waals surface area contributed by atoms with E-state index in [0.717, 1.165) is 6.20 Å². The lowest BCUT2D eigenvalue weighted by Crippen LogP contribution is -2.18. The molecule has 0 aliphatic rings. The molecular weight excluding hydrogens is 344 g/mol. The van der Waals surface area contributed by atoms with Crippen molar-refractivity contribution >= 4 is 33.2 Å². The molecule has 1 aromatic carbocycles. The second-order valence-corrected chi connectivity index (χ2v) is 6.84. The average molecular weight is 362 g/mol. The minimum absolute atomic E-state index is 0.106. The number of aryl methyl sites for hydroxylation is 1. The molecule has 0 aliphatic heterocycles. The molecule has 1 heterocycles. The third-order valence-corrected chi connectivity index (χ3v) is 4.26. The van der Waals surface area contributed by atoms with E-state index in [-0.39, 0.29) is 16.4 Å². The zero-order chi connectivity index (χ0) is 18.6. The number of carbonyl (C=O) groups excluding carboxylic acids is 2. The van der Waals surface area contributed by atoms with Gasteiger partial charge in [0, 0.05) is 24.0 Å². The van der Waals surface area contributed by atoms with Crippen molar-refractivity contribution in [1.29, 1.82) is 0 Å². The van der Waals surface area contributed by atoms with Gasteiger partial charge in [-0.05, 0) is 37.3 Å². The highest BCUT2D eigenvalue weighted by Crippen LogP contribution is 2.17. The van der Waals surface area contributed by atoms with Crippen LogP contribution in [0.1, 0.15) is 29.4 Å². The van der Waals surface area contributed by atoms with Crippen LogP contribution in [0.15, 0.2) is 41.4 Å². The monoisotopic (exact) mass is 362 g/mol. The van der Waals surface area contributed by atoms with Gasteiger partial charge in [0.1, 0.15) is 4.90 Å². The predicted octanol–water partition coefficient (Wildman–Crippen LogP) is 1.64. The van der Waals surface area contributed by atoms with Crippen LogP contribution in [0.3, 0.4) is 0 Å². The van der Waals surface area contributed by atoms with E-state index in [1.54, 1.807) is 38.1 Å². The van der Waals surface area contributed by atoms with Gasteiger partial charge in [0.05, 0.1) is 11.3 Å². The maximum absolute atomic E-state index is 12.4. The number of hydrogen-bond acceptors (Lipinski definition) is 5. The number of hydrogen-bond donors (Lipinski definition) is 3. The Kier molecular flexibility index (Phi) is 5.50. The summed E-state index contributed by atoms with van der Waals surface area (Å²) in [6, 6.07) is 7.72. The summed E-state index contributed by atoms with van der Waals surface area (Å²) in [7, 11) is -3.95. The van der Waals surface area contributed by atoms with Crippen LogP contribution < -0.4 is 15.8 Å². The second-order valence-electron chi connectivity index (χ2n) is 5.28. The van der Waals surface area contributed by atoms with Crippen molar-refractivity contribution in [1.82, 2.24) is 4.98 Å². The molecule has 0 radical (unpaired) electrons. The molecule has 132 valence electrons. The number of benzene rings is 1. The van der Waals surface area contributed by atoms with Crippen LogP contribution >= 0.6 is 0 Å². The van der Waals surface area contributed by atoms with Gasteiger partial charge in [0.2, 0.25) is 15.9 Å². The van der Waals surface area contributed by atoms with Gasteiger partial charge in [0.25, 0.3) is 5.91 Å². The standard InChI is InChI=1S/C16H18N4O4S/c1-3-15(21)19-11-4-6-12(7-5-11)20-16(22)14-8-13(25(17,23)24)9-18-10(14)2/h4-9H,3H2,1-2H3,(H,19,21)(H,20,22)(H2,17,23,24). The number of anilines is 2. The first-order valence-electron chi connectivity index (χ1n) is 7.41. The third kappa shape index (κ3) is 4.85. The molecular formula is C16H18N4O4S. The van der Waals surface area contributed by atoms with Gasteiger partial charge in [-0.15, -0.1) is 0 Å². The van der Waals surface area contributed by atoms with Crippen LogP contribution in [0.5, 0.6) is 0 Å². The molecule has 0 saturated heterocycles. The van der Waals surface area contributed by atoms with E-state index in [4.69, 9.17) is 5.14 Å². The number of rotatable bonds is 5. The number of aromatic nitrogens is 1. The maximum Gasteiger partial charge on any atom is 0.257 e. The van der Waals surface area contributed by atoms with Gasteiger partial charge < -0.3 is 10.6 Å². The summed E-state index contributed by atoms with van der Waals surface area (Å²) in [5.41, 5.74) is 1.57. The molecule has 0 saturated carbocycles. The molecule has 0 spiro atoms. The van der Waals surface area contributed by atoms with Crippen molar-refractivity contribution in [3.63, 3.8) is 0 Å². The van der Waals surface area contributed by atoms with E-state index in [1.165, 1.54) is 6.07 Å². The Morgan fingerprint density at radius 3 is 2.20 bits per heavy atom. The molecule has 4 N–H and O–H groups in total. The number of carbonyl (C=O) groups is 2. The first-order chi connectivity index (χ1) is 11.7. The molecule has 2 amide bonds. The average Bonchev–Trinajstić information content (AvgIpc) is 2.55. The maximum atomic E-state index is 12.4. The third-order valence-electron chi connectivity index (χ3n) is 3.38. The summed E-state index contributed by atoms with van der Waals surface area (Å²) in [6.07, 6.45) is 1.47. The number of sulfonamides is 1. The van der Waals surface area contributed by atoms with E-state index < -0.39 is 15.9 Å². The van der Waals surface area contributed by atoms with Gasteiger partial charge in [-0.2, -0.15) is 0 Å². The number of pyridine rings is 1. The van der Waals surface area contributed by atoms with Gasteiger partial charge in [-0.1, -0.05) is 6.92 Å². The molecule has 0 unspecified atom stereocenters. The molecule has 25 heavy (non-hydrogen) atoms. The first kappa shape index (κ1) is 18.6. The zero-order valence-corrected chi connectivity index (χ0v) is 14.6. The fourth-order valence-electron chi connectivity index (χ4n) is 1.98. The van der Waals surface area contributed by atoms with Crippen LogP contribution in [-0.4, -0.2) is 25.2 Å². The molecule has 0 bridgehead atoms. The number of primary sulfonamides is 1. The van der Waals surface area contributed by atoms with E-state index in [9.17, 15) is 18.0 Å². The molecule has 1 aromatic heterocycles.